The third-order valence-electron chi connectivity index (χ3n) is 9.15. The summed E-state index contributed by atoms with van der Waals surface area (Å²) in [6, 6.07) is 6.32. The van der Waals surface area contributed by atoms with E-state index in [0.717, 1.165) is 80.0 Å². The third kappa shape index (κ3) is 15.8. The topological polar surface area (TPSA) is 130 Å². The van der Waals surface area contributed by atoms with Crippen molar-refractivity contribution in [2.45, 2.75) is 129 Å². The van der Waals surface area contributed by atoms with Crippen LogP contribution >= 0.6 is 33.9 Å². The minimum atomic E-state index is -0.826. The summed E-state index contributed by atoms with van der Waals surface area (Å²) in [7, 11) is 0. The number of nitrogens with zero attached hydrogens (tertiary/aromatic N) is 2. The molecule has 2 heterocycles. The Morgan fingerprint density at radius 3 is 2.10 bits per heavy atom. The van der Waals surface area contributed by atoms with Gasteiger partial charge in [-0.15, -0.1) is 11.3 Å². The summed E-state index contributed by atoms with van der Waals surface area (Å²) in [5.41, 5.74) is 4.22. The molecule has 0 aliphatic carbocycles. The van der Waals surface area contributed by atoms with Crippen molar-refractivity contribution in [1.29, 1.82) is 0 Å². The number of carbonyl (C=O) groups excluding carboxylic acids is 3. The SMILES string of the molecule is Cc1ncsc1-c1ccc(CNC(=O)[C@@H]2C[C@@H](O)CN2C(=O)C(NC(=O)CCCCCOCCCCCOCCCCCCI)C(C)(C)C)cc1. The Morgan fingerprint density at radius 2 is 1.53 bits per heavy atom. The first-order valence-electron chi connectivity index (χ1n) is 18.8. The second kappa shape index (κ2) is 23.5. The van der Waals surface area contributed by atoms with Gasteiger partial charge in [-0.2, -0.15) is 0 Å². The molecule has 3 rings (SSSR count). The zero-order chi connectivity index (χ0) is 37.1. The van der Waals surface area contributed by atoms with E-state index >= 15 is 0 Å². The maximum Gasteiger partial charge on any atom is 0.246 e. The highest BCUT2D eigenvalue weighted by atomic mass is 127. The largest absolute Gasteiger partial charge is 0.391 e. The number of hydrogen-bond donors (Lipinski definition) is 3. The van der Waals surface area contributed by atoms with Crippen molar-refractivity contribution in [3.8, 4) is 10.4 Å². The predicted octanol–water partition coefficient (Wildman–Crippen LogP) is 6.99. The minimum Gasteiger partial charge on any atom is -0.391 e. The van der Waals surface area contributed by atoms with Crippen LogP contribution in [0.5, 0.6) is 0 Å². The van der Waals surface area contributed by atoms with Gasteiger partial charge in [-0.3, -0.25) is 14.4 Å². The maximum atomic E-state index is 13.9. The van der Waals surface area contributed by atoms with Crippen LogP contribution in [0.1, 0.15) is 109 Å². The number of amides is 3. The van der Waals surface area contributed by atoms with Gasteiger partial charge in [0.15, 0.2) is 0 Å². The molecule has 1 fully saturated rings. The number of carbonyl (C=O) groups is 3. The number of aryl methyl sites for hydroxylation is 1. The zero-order valence-corrected chi connectivity index (χ0v) is 34.2. The monoisotopic (exact) mass is 840 g/mol. The van der Waals surface area contributed by atoms with E-state index in [4.69, 9.17) is 9.47 Å². The van der Waals surface area contributed by atoms with Crippen LogP contribution in [0.2, 0.25) is 0 Å². The molecule has 1 aliphatic rings. The molecule has 286 valence electrons. The molecule has 1 aliphatic heterocycles. The quantitative estimate of drug-likeness (QED) is 0.0591. The van der Waals surface area contributed by atoms with Crippen LogP contribution in [0, 0.1) is 12.3 Å². The molecule has 1 unspecified atom stereocenters. The summed E-state index contributed by atoms with van der Waals surface area (Å²) in [5, 5.41) is 16.4. The molecule has 3 atom stereocenters. The van der Waals surface area contributed by atoms with Crippen LogP contribution in [-0.4, -0.2) is 88.3 Å². The molecule has 3 amide bonds. The second-order valence-electron chi connectivity index (χ2n) is 14.6. The molecule has 0 radical (unpaired) electrons. The van der Waals surface area contributed by atoms with E-state index in [9.17, 15) is 19.5 Å². The first-order chi connectivity index (χ1) is 24.5. The minimum absolute atomic E-state index is 0.0506. The smallest absolute Gasteiger partial charge is 0.246 e. The van der Waals surface area contributed by atoms with Crippen molar-refractivity contribution >= 4 is 51.6 Å². The highest BCUT2D eigenvalue weighted by molar-refractivity contribution is 14.1. The number of aliphatic hydroxyl groups is 1. The number of alkyl halides is 1. The molecular weight excluding hydrogens is 779 g/mol. The standard InChI is InChI=1S/C39H61IN4O6S/c1-29-35(51-28-42-29)31-18-16-30(17-19-31)26-41-37(47)33-25-32(45)27-44(33)38(48)36(39(2,3)4)43-34(46)15-9-7-12-22-50-24-14-8-13-23-49-21-11-6-5-10-20-40/h16-19,28,32-33,36,45H,5-15,20-27H2,1-4H3,(H,41,47)(H,43,46)/t32-,33+,36?/m1/s1. The van der Waals surface area contributed by atoms with E-state index in [2.05, 4.69) is 38.2 Å². The number of benzene rings is 1. The second-order valence-corrected chi connectivity index (χ2v) is 16.6. The van der Waals surface area contributed by atoms with Gasteiger partial charge in [0.2, 0.25) is 17.7 Å². The number of thiazole rings is 1. The molecule has 10 nitrogen and oxygen atoms in total. The molecular formula is C39H61IN4O6S. The zero-order valence-electron chi connectivity index (χ0n) is 31.2. The lowest BCUT2D eigenvalue weighted by Crippen LogP contribution is -2.57. The Balaban J connectivity index is 1.34. The lowest BCUT2D eigenvalue weighted by molar-refractivity contribution is -0.144. The maximum absolute atomic E-state index is 13.9. The first-order valence-corrected chi connectivity index (χ1v) is 21.2. The van der Waals surface area contributed by atoms with Gasteiger partial charge in [-0.05, 0) is 72.8 Å². The summed E-state index contributed by atoms with van der Waals surface area (Å²) in [4.78, 5) is 47.0. The first kappa shape index (κ1) is 43.3. The molecule has 1 saturated heterocycles. The molecule has 1 aromatic carbocycles. The number of rotatable bonds is 24. The van der Waals surface area contributed by atoms with Crippen LogP contribution < -0.4 is 10.6 Å². The summed E-state index contributed by atoms with van der Waals surface area (Å²) >= 11 is 4.02. The fourth-order valence-corrected chi connectivity index (χ4v) is 7.47. The molecule has 51 heavy (non-hydrogen) atoms. The average Bonchev–Trinajstić information content (AvgIpc) is 3.72. The number of unbranched alkanes of at least 4 members (excludes halogenated alkanes) is 7. The van der Waals surface area contributed by atoms with E-state index in [-0.39, 0.29) is 30.7 Å². The molecule has 2 aromatic rings. The van der Waals surface area contributed by atoms with Crippen molar-refractivity contribution in [2.24, 2.45) is 5.41 Å². The molecule has 12 heteroatoms. The van der Waals surface area contributed by atoms with Gasteiger partial charge in [-0.25, -0.2) is 4.98 Å². The Kier molecular flexibility index (Phi) is 20.0. The van der Waals surface area contributed by atoms with Gasteiger partial charge in [0, 0.05) is 52.4 Å². The van der Waals surface area contributed by atoms with Crippen molar-refractivity contribution in [1.82, 2.24) is 20.5 Å². The Labute approximate surface area is 323 Å². The normalized spacial score (nSPS) is 16.7. The lowest BCUT2D eigenvalue weighted by atomic mass is 9.85. The summed E-state index contributed by atoms with van der Waals surface area (Å²) < 4.78 is 12.7. The van der Waals surface area contributed by atoms with E-state index < -0.39 is 23.6 Å². The van der Waals surface area contributed by atoms with E-state index in [1.807, 2.05) is 57.5 Å². The molecule has 3 N–H and O–H groups in total. The summed E-state index contributed by atoms with van der Waals surface area (Å²) in [6.45, 7) is 11.2. The van der Waals surface area contributed by atoms with Crippen LogP contribution in [-0.2, 0) is 30.4 Å². The predicted molar refractivity (Wildman–Crippen MR) is 213 cm³/mol. The average molecular weight is 841 g/mol. The number of hydrogen-bond acceptors (Lipinski definition) is 8. The van der Waals surface area contributed by atoms with Gasteiger partial charge in [0.05, 0.1) is 22.2 Å². The highest BCUT2D eigenvalue weighted by Crippen LogP contribution is 2.28. The highest BCUT2D eigenvalue weighted by Gasteiger charge is 2.44. The lowest BCUT2D eigenvalue weighted by Gasteiger charge is -2.35. The number of nitrogens with one attached hydrogen (secondary N) is 2. The fourth-order valence-electron chi connectivity index (χ4n) is 6.12. The Bertz CT molecular complexity index is 1320. The van der Waals surface area contributed by atoms with E-state index in [0.29, 0.717) is 26.0 Å². The van der Waals surface area contributed by atoms with Gasteiger partial charge in [-0.1, -0.05) is 86.9 Å². The van der Waals surface area contributed by atoms with Crippen molar-refractivity contribution in [3.63, 3.8) is 0 Å². The van der Waals surface area contributed by atoms with Gasteiger partial charge in [0.25, 0.3) is 0 Å². The summed E-state index contributed by atoms with van der Waals surface area (Å²) in [5.74, 6) is -0.857. The number of halogens is 1. The van der Waals surface area contributed by atoms with Crippen LogP contribution in [0.4, 0.5) is 0 Å². The molecule has 0 spiro atoms. The van der Waals surface area contributed by atoms with Crippen molar-refractivity contribution < 1.29 is 29.0 Å². The molecule has 1 aromatic heterocycles. The fraction of sp³-hybridized carbons (Fsp3) is 0.692. The molecule has 0 bridgehead atoms. The van der Waals surface area contributed by atoms with Gasteiger partial charge >= 0.3 is 0 Å². The van der Waals surface area contributed by atoms with Gasteiger partial charge in [0.1, 0.15) is 12.1 Å². The number of ether oxygens (including phenoxy) is 2. The molecule has 0 saturated carbocycles. The van der Waals surface area contributed by atoms with Crippen LogP contribution in [0.15, 0.2) is 29.8 Å². The number of β-amino-alcohol motifs (C(OH)–C–C–N with tert-alkyl or cyclic N) is 1. The third-order valence-corrected chi connectivity index (χ3v) is 10.9. The summed E-state index contributed by atoms with van der Waals surface area (Å²) in [6.07, 6.45) is 10.3. The van der Waals surface area contributed by atoms with E-state index in [1.54, 1.807) is 11.3 Å². The van der Waals surface area contributed by atoms with Crippen LogP contribution in [0.3, 0.4) is 0 Å². The number of aromatic nitrogens is 1. The Hall–Kier alpha value is -2.13. The number of likely N-dealkylation sites (tertiary alicyclic amines) is 1. The Morgan fingerprint density at radius 1 is 0.941 bits per heavy atom. The van der Waals surface area contributed by atoms with Crippen LogP contribution in [0.25, 0.3) is 10.4 Å². The van der Waals surface area contributed by atoms with Crippen molar-refractivity contribution in [2.75, 3.05) is 37.4 Å². The van der Waals surface area contributed by atoms with Crippen molar-refractivity contribution in [3.05, 3.63) is 41.0 Å². The van der Waals surface area contributed by atoms with E-state index in [1.165, 1.54) is 28.6 Å². The number of aliphatic hydroxyl groups excluding tert-OH is 1. The van der Waals surface area contributed by atoms with Gasteiger partial charge < -0.3 is 30.1 Å².